The Kier molecular flexibility index (Phi) is 5.31. The third-order valence-electron chi connectivity index (χ3n) is 4.78. The van der Waals surface area contributed by atoms with Gasteiger partial charge in [0.05, 0.1) is 11.1 Å². The van der Waals surface area contributed by atoms with Crippen molar-refractivity contribution in [3.63, 3.8) is 0 Å². The van der Waals surface area contributed by atoms with Crippen LogP contribution in [0.2, 0.25) is 0 Å². The number of thiazole rings is 1. The summed E-state index contributed by atoms with van der Waals surface area (Å²) in [5.41, 5.74) is 1.48. The highest BCUT2D eigenvalue weighted by molar-refractivity contribution is 7.98. The first kappa shape index (κ1) is 18.3. The van der Waals surface area contributed by atoms with Gasteiger partial charge in [-0.15, -0.1) is 11.8 Å². The molecule has 0 saturated carbocycles. The number of para-hydroxylation sites is 1. The van der Waals surface area contributed by atoms with Crippen LogP contribution in [-0.4, -0.2) is 48.2 Å². The first-order valence-corrected chi connectivity index (χ1v) is 10.9. The maximum Gasteiger partial charge on any atom is 0.227 e. The molecule has 0 spiro atoms. The highest BCUT2D eigenvalue weighted by Crippen LogP contribution is 2.30. The number of hydrogen-bond acceptors (Lipinski definition) is 5. The lowest BCUT2D eigenvalue weighted by molar-refractivity contribution is -0.130. The molecule has 27 heavy (non-hydrogen) atoms. The summed E-state index contributed by atoms with van der Waals surface area (Å²) in [5, 5.41) is 0.829. The lowest BCUT2D eigenvalue weighted by Crippen LogP contribution is -2.49. The van der Waals surface area contributed by atoms with E-state index < -0.39 is 0 Å². The standard InChI is InChI=1S/C20H20FN3OS2/c1-26-15-7-5-14(6-8-15)13-18(25)23-9-11-24(12-10-23)20-22-19-16(21)3-2-4-17(19)27-20/h2-8H,9-13H2,1H3. The van der Waals surface area contributed by atoms with Gasteiger partial charge in [-0.1, -0.05) is 29.5 Å². The van der Waals surface area contributed by atoms with Gasteiger partial charge in [-0.2, -0.15) is 0 Å². The van der Waals surface area contributed by atoms with Crippen molar-refractivity contribution >= 4 is 44.4 Å². The molecule has 7 heteroatoms. The molecule has 1 aliphatic rings. The molecule has 1 aliphatic heterocycles. The fourth-order valence-electron chi connectivity index (χ4n) is 3.22. The van der Waals surface area contributed by atoms with Crippen molar-refractivity contribution in [2.75, 3.05) is 37.3 Å². The number of fused-ring (bicyclic) bond motifs is 1. The van der Waals surface area contributed by atoms with Crippen LogP contribution < -0.4 is 4.90 Å². The average molecular weight is 402 g/mol. The fourth-order valence-corrected chi connectivity index (χ4v) is 4.66. The number of halogens is 1. The maximum absolute atomic E-state index is 13.9. The molecule has 0 atom stereocenters. The Labute approximate surface area is 166 Å². The van der Waals surface area contributed by atoms with Crippen LogP contribution in [0.25, 0.3) is 10.2 Å². The van der Waals surface area contributed by atoms with Crippen molar-refractivity contribution in [1.82, 2.24) is 9.88 Å². The molecule has 0 N–H and O–H groups in total. The summed E-state index contributed by atoms with van der Waals surface area (Å²) in [7, 11) is 0. The quantitative estimate of drug-likeness (QED) is 0.618. The van der Waals surface area contributed by atoms with E-state index in [1.54, 1.807) is 17.8 Å². The lowest BCUT2D eigenvalue weighted by Gasteiger charge is -2.34. The zero-order valence-electron chi connectivity index (χ0n) is 15.0. The Balaban J connectivity index is 1.37. The Hall–Kier alpha value is -2.12. The molecule has 2 aromatic carbocycles. The van der Waals surface area contributed by atoms with Gasteiger partial charge in [0.25, 0.3) is 0 Å². The van der Waals surface area contributed by atoms with E-state index in [0.29, 0.717) is 25.0 Å². The molecule has 4 nitrogen and oxygen atoms in total. The molecule has 1 aromatic heterocycles. The van der Waals surface area contributed by atoms with Gasteiger partial charge in [0, 0.05) is 31.1 Å². The van der Waals surface area contributed by atoms with E-state index in [4.69, 9.17) is 0 Å². The zero-order valence-corrected chi connectivity index (χ0v) is 16.7. The van der Waals surface area contributed by atoms with Gasteiger partial charge in [-0.05, 0) is 36.1 Å². The fraction of sp³-hybridized carbons (Fsp3) is 0.300. The summed E-state index contributed by atoms with van der Waals surface area (Å²) in [6.07, 6.45) is 2.47. The number of carbonyl (C=O) groups excluding carboxylic acids is 1. The van der Waals surface area contributed by atoms with Crippen LogP contribution in [0.15, 0.2) is 47.4 Å². The van der Waals surface area contributed by atoms with Gasteiger partial charge in [0.2, 0.25) is 5.91 Å². The third kappa shape index (κ3) is 3.94. The van der Waals surface area contributed by atoms with Crippen LogP contribution >= 0.6 is 23.1 Å². The Morgan fingerprint density at radius 2 is 1.89 bits per heavy atom. The summed E-state index contributed by atoms with van der Waals surface area (Å²) in [6.45, 7) is 2.78. The topological polar surface area (TPSA) is 36.4 Å². The minimum Gasteiger partial charge on any atom is -0.345 e. The first-order valence-electron chi connectivity index (χ1n) is 8.85. The number of hydrogen-bond donors (Lipinski definition) is 0. The predicted octanol–water partition coefficient (Wildman–Crippen LogP) is 4.05. The van der Waals surface area contributed by atoms with Crippen LogP contribution in [0.3, 0.4) is 0 Å². The van der Waals surface area contributed by atoms with Gasteiger partial charge < -0.3 is 9.80 Å². The van der Waals surface area contributed by atoms with Crippen LogP contribution in [0, 0.1) is 5.82 Å². The molecule has 3 aromatic rings. The molecule has 0 unspecified atom stereocenters. The Morgan fingerprint density at radius 3 is 2.56 bits per heavy atom. The van der Waals surface area contributed by atoms with Crippen LogP contribution in [0.5, 0.6) is 0 Å². The van der Waals surface area contributed by atoms with Crippen molar-refractivity contribution in [2.45, 2.75) is 11.3 Å². The predicted molar refractivity (Wildman–Crippen MR) is 110 cm³/mol. The Morgan fingerprint density at radius 1 is 1.15 bits per heavy atom. The number of nitrogens with zero attached hydrogens (tertiary/aromatic N) is 3. The number of aromatic nitrogens is 1. The SMILES string of the molecule is CSc1ccc(CC(=O)N2CCN(c3nc4c(F)cccc4s3)CC2)cc1. The summed E-state index contributed by atoms with van der Waals surface area (Å²) in [4.78, 5) is 22.3. The molecule has 0 radical (unpaired) electrons. The van der Waals surface area contributed by atoms with Gasteiger partial charge in [0.15, 0.2) is 5.13 Å². The van der Waals surface area contributed by atoms with E-state index in [0.717, 1.165) is 28.5 Å². The van der Waals surface area contributed by atoms with Crippen molar-refractivity contribution < 1.29 is 9.18 Å². The number of carbonyl (C=O) groups is 1. The maximum atomic E-state index is 13.9. The van der Waals surface area contributed by atoms with E-state index in [2.05, 4.69) is 22.0 Å². The minimum absolute atomic E-state index is 0.155. The second-order valence-corrected chi connectivity index (χ2v) is 8.36. The van der Waals surface area contributed by atoms with Crippen molar-refractivity contribution in [1.29, 1.82) is 0 Å². The third-order valence-corrected chi connectivity index (χ3v) is 6.60. The van der Waals surface area contributed by atoms with Crippen LogP contribution in [0.1, 0.15) is 5.56 Å². The van der Waals surface area contributed by atoms with E-state index in [9.17, 15) is 9.18 Å². The number of amides is 1. The summed E-state index contributed by atoms with van der Waals surface area (Å²) < 4.78 is 14.7. The number of thioether (sulfide) groups is 1. The zero-order chi connectivity index (χ0) is 18.8. The molecule has 1 fully saturated rings. The van der Waals surface area contributed by atoms with E-state index in [1.165, 1.54) is 22.3 Å². The van der Waals surface area contributed by atoms with E-state index >= 15 is 0 Å². The molecule has 4 rings (SSSR count). The monoisotopic (exact) mass is 401 g/mol. The number of rotatable bonds is 4. The number of anilines is 1. The molecule has 2 heterocycles. The summed E-state index contributed by atoms with van der Waals surface area (Å²) >= 11 is 3.20. The molecule has 1 amide bonds. The first-order chi connectivity index (χ1) is 13.1. The molecular formula is C20H20FN3OS2. The second-order valence-electron chi connectivity index (χ2n) is 6.48. The largest absolute Gasteiger partial charge is 0.345 e. The van der Waals surface area contributed by atoms with Gasteiger partial charge >= 0.3 is 0 Å². The molecule has 140 valence electrons. The van der Waals surface area contributed by atoms with Gasteiger partial charge in [0.1, 0.15) is 11.3 Å². The second kappa shape index (κ2) is 7.86. The van der Waals surface area contributed by atoms with Crippen molar-refractivity contribution in [2.24, 2.45) is 0 Å². The van der Waals surface area contributed by atoms with Gasteiger partial charge in [-0.3, -0.25) is 4.79 Å². The highest BCUT2D eigenvalue weighted by atomic mass is 32.2. The highest BCUT2D eigenvalue weighted by Gasteiger charge is 2.23. The Bertz CT molecular complexity index is 950. The lowest BCUT2D eigenvalue weighted by atomic mass is 10.1. The smallest absolute Gasteiger partial charge is 0.227 e. The normalized spacial score (nSPS) is 14.7. The van der Waals surface area contributed by atoms with Crippen LogP contribution in [-0.2, 0) is 11.2 Å². The number of piperazine rings is 1. The van der Waals surface area contributed by atoms with Gasteiger partial charge in [-0.25, -0.2) is 9.37 Å². The van der Waals surface area contributed by atoms with Crippen molar-refractivity contribution in [3.05, 3.63) is 53.8 Å². The van der Waals surface area contributed by atoms with E-state index in [1.807, 2.05) is 29.4 Å². The molecule has 0 aliphatic carbocycles. The average Bonchev–Trinajstić information content (AvgIpc) is 3.14. The van der Waals surface area contributed by atoms with Crippen molar-refractivity contribution in [3.8, 4) is 0 Å². The molecule has 1 saturated heterocycles. The summed E-state index contributed by atoms with van der Waals surface area (Å²) in [5.74, 6) is -0.127. The van der Waals surface area contributed by atoms with E-state index in [-0.39, 0.29) is 11.7 Å². The number of benzene rings is 2. The molecule has 0 bridgehead atoms. The minimum atomic E-state index is -0.281. The molecular weight excluding hydrogens is 381 g/mol. The summed E-state index contributed by atoms with van der Waals surface area (Å²) in [6, 6.07) is 13.2. The van der Waals surface area contributed by atoms with Crippen LogP contribution in [0.4, 0.5) is 9.52 Å².